The Balaban J connectivity index is 1.80. The maximum Gasteiger partial charge on any atom is 0.184 e. The molecule has 0 amide bonds. The molecule has 1 aromatic heterocycles. The van der Waals surface area contributed by atoms with Crippen molar-refractivity contribution < 1.29 is 0 Å². The van der Waals surface area contributed by atoms with Crippen LogP contribution in [0.2, 0.25) is 4.47 Å². The van der Waals surface area contributed by atoms with Gasteiger partial charge in [0.05, 0.1) is 10.3 Å². The fourth-order valence-corrected chi connectivity index (χ4v) is 5.54. The SMILES string of the molecule is Clc1nc(-c2ccc(C3SCCCS3)cc2)cs1. The number of aromatic nitrogens is 1. The van der Waals surface area contributed by atoms with Crippen LogP contribution >= 0.6 is 46.5 Å². The Kier molecular flexibility index (Phi) is 4.19. The van der Waals surface area contributed by atoms with Crippen LogP contribution in [0.1, 0.15) is 16.6 Å². The molecule has 1 fully saturated rings. The minimum absolute atomic E-state index is 0.604. The third kappa shape index (κ3) is 2.87. The first-order chi connectivity index (χ1) is 8.83. The van der Waals surface area contributed by atoms with Crippen LogP contribution in [0.25, 0.3) is 11.3 Å². The summed E-state index contributed by atoms with van der Waals surface area (Å²) in [4.78, 5) is 4.30. The predicted octanol–water partition coefficient (Wildman–Crippen LogP) is 5.33. The Hall–Kier alpha value is -0.160. The number of benzene rings is 1. The number of halogens is 1. The second-order valence-electron chi connectivity index (χ2n) is 4.03. The zero-order chi connectivity index (χ0) is 12.4. The van der Waals surface area contributed by atoms with Crippen molar-refractivity contribution >= 4 is 46.5 Å². The normalized spacial score (nSPS) is 16.9. The van der Waals surface area contributed by atoms with Gasteiger partial charge in [-0.2, -0.15) is 0 Å². The third-order valence-electron chi connectivity index (χ3n) is 2.78. The van der Waals surface area contributed by atoms with E-state index >= 15 is 0 Å². The lowest BCUT2D eigenvalue weighted by atomic mass is 10.1. The zero-order valence-corrected chi connectivity index (χ0v) is 12.8. The molecule has 0 aliphatic carbocycles. The second-order valence-corrected chi connectivity index (χ2v) is 8.20. The van der Waals surface area contributed by atoms with Gasteiger partial charge in [-0.15, -0.1) is 34.9 Å². The van der Waals surface area contributed by atoms with Crippen LogP contribution in [-0.4, -0.2) is 16.5 Å². The van der Waals surface area contributed by atoms with E-state index in [-0.39, 0.29) is 0 Å². The van der Waals surface area contributed by atoms with Crippen LogP contribution in [0.3, 0.4) is 0 Å². The van der Waals surface area contributed by atoms with Crippen molar-refractivity contribution in [3.05, 3.63) is 39.7 Å². The molecule has 1 aromatic carbocycles. The average Bonchev–Trinajstić information content (AvgIpc) is 2.87. The Labute approximate surface area is 124 Å². The van der Waals surface area contributed by atoms with Gasteiger partial charge in [0, 0.05) is 10.9 Å². The van der Waals surface area contributed by atoms with E-state index in [2.05, 4.69) is 52.8 Å². The molecule has 2 heterocycles. The molecule has 0 bridgehead atoms. The number of hydrogen-bond acceptors (Lipinski definition) is 4. The first-order valence-corrected chi connectivity index (χ1v) is 9.13. The standard InChI is InChI=1S/C13H12ClNS3/c14-13-15-11(8-18-13)9-2-4-10(5-3-9)12-16-6-1-7-17-12/h2-5,8,12H,1,6-7H2. The van der Waals surface area contributed by atoms with Crippen molar-refractivity contribution in [2.75, 3.05) is 11.5 Å². The minimum Gasteiger partial charge on any atom is -0.225 e. The van der Waals surface area contributed by atoms with E-state index in [0.29, 0.717) is 9.05 Å². The quantitative estimate of drug-likeness (QED) is 0.743. The maximum absolute atomic E-state index is 5.86. The molecule has 0 atom stereocenters. The molecule has 1 nitrogen and oxygen atoms in total. The summed E-state index contributed by atoms with van der Waals surface area (Å²) >= 11 is 11.4. The van der Waals surface area contributed by atoms with Gasteiger partial charge in [0.25, 0.3) is 0 Å². The fraction of sp³-hybridized carbons (Fsp3) is 0.308. The molecule has 0 spiro atoms. The van der Waals surface area contributed by atoms with Crippen molar-refractivity contribution in [1.29, 1.82) is 0 Å². The van der Waals surface area contributed by atoms with Crippen molar-refractivity contribution in [2.45, 2.75) is 11.0 Å². The van der Waals surface area contributed by atoms with E-state index in [0.717, 1.165) is 11.3 Å². The average molecular weight is 314 g/mol. The Morgan fingerprint density at radius 3 is 2.44 bits per heavy atom. The van der Waals surface area contributed by atoms with Crippen molar-refractivity contribution in [3.8, 4) is 11.3 Å². The van der Waals surface area contributed by atoms with E-state index in [1.807, 2.05) is 5.38 Å². The highest BCUT2D eigenvalue weighted by atomic mass is 35.5. The molecule has 1 aliphatic rings. The summed E-state index contributed by atoms with van der Waals surface area (Å²) in [5.41, 5.74) is 3.53. The van der Waals surface area contributed by atoms with Crippen LogP contribution in [0, 0.1) is 0 Å². The van der Waals surface area contributed by atoms with Crippen LogP contribution in [0.15, 0.2) is 29.6 Å². The summed E-state index contributed by atoms with van der Waals surface area (Å²) in [5.74, 6) is 2.56. The number of thioether (sulfide) groups is 2. The number of hydrogen-bond donors (Lipinski definition) is 0. The molecule has 0 radical (unpaired) electrons. The van der Waals surface area contributed by atoms with Gasteiger partial charge in [-0.25, -0.2) is 4.98 Å². The van der Waals surface area contributed by atoms with Gasteiger partial charge >= 0.3 is 0 Å². The van der Waals surface area contributed by atoms with Crippen LogP contribution in [0.5, 0.6) is 0 Å². The molecule has 2 aromatic rings. The summed E-state index contributed by atoms with van der Waals surface area (Å²) in [6.07, 6.45) is 1.33. The summed E-state index contributed by atoms with van der Waals surface area (Å²) in [6.45, 7) is 0. The molecule has 1 saturated heterocycles. The van der Waals surface area contributed by atoms with Crippen LogP contribution in [0.4, 0.5) is 0 Å². The lowest BCUT2D eigenvalue weighted by Crippen LogP contribution is -1.99. The maximum atomic E-state index is 5.86. The van der Waals surface area contributed by atoms with Gasteiger partial charge in [0.1, 0.15) is 0 Å². The van der Waals surface area contributed by atoms with Crippen molar-refractivity contribution in [1.82, 2.24) is 4.98 Å². The Bertz CT molecular complexity index is 517. The number of nitrogens with zero attached hydrogens (tertiary/aromatic N) is 1. The number of thiazole rings is 1. The van der Waals surface area contributed by atoms with E-state index in [1.54, 1.807) is 0 Å². The van der Waals surface area contributed by atoms with Gasteiger partial charge in [-0.1, -0.05) is 35.9 Å². The van der Waals surface area contributed by atoms with Crippen molar-refractivity contribution in [3.63, 3.8) is 0 Å². The second kappa shape index (κ2) is 5.87. The number of rotatable bonds is 2. The van der Waals surface area contributed by atoms with Gasteiger partial charge in [0.2, 0.25) is 0 Å². The van der Waals surface area contributed by atoms with E-state index in [4.69, 9.17) is 11.6 Å². The van der Waals surface area contributed by atoms with Crippen LogP contribution < -0.4 is 0 Å². The van der Waals surface area contributed by atoms with Crippen LogP contribution in [-0.2, 0) is 0 Å². The molecule has 0 unspecified atom stereocenters. The lowest BCUT2D eigenvalue weighted by molar-refractivity contribution is 1.10. The Morgan fingerprint density at radius 1 is 1.11 bits per heavy atom. The largest absolute Gasteiger partial charge is 0.225 e. The molecule has 3 rings (SSSR count). The topological polar surface area (TPSA) is 12.9 Å². The molecule has 0 N–H and O–H groups in total. The molecular weight excluding hydrogens is 302 g/mol. The third-order valence-corrected chi connectivity index (χ3v) is 6.78. The lowest BCUT2D eigenvalue weighted by Gasteiger charge is -2.21. The highest BCUT2D eigenvalue weighted by Gasteiger charge is 2.16. The van der Waals surface area contributed by atoms with E-state index in [1.165, 1.54) is 34.8 Å². The van der Waals surface area contributed by atoms with Gasteiger partial charge in [0.15, 0.2) is 4.47 Å². The van der Waals surface area contributed by atoms with Crippen molar-refractivity contribution in [2.24, 2.45) is 0 Å². The highest BCUT2D eigenvalue weighted by molar-refractivity contribution is 8.16. The molecule has 94 valence electrons. The monoisotopic (exact) mass is 313 g/mol. The van der Waals surface area contributed by atoms with E-state index < -0.39 is 0 Å². The Morgan fingerprint density at radius 2 is 1.83 bits per heavy atom. The van der Waals surface area contributed by atoms with Gasteiger partial charge in [-0.05, 0) is 23.5 Å². The fourth-order valence-electron chi connectivity index (χ4n) is 1.88. The minimum atomic E-state index is 0.604. The zero-order valence-electron chi connectivity index (χ0n) is 9.64. The summed E-state index contributed by atoms with van der Waals surface area (Å²) in [7, 11) is 0. The first-order valence-electron chi connectivity index (χ1n) is 5.77. The van der Waals surface area contributed by atoms with Gasteiger partial charge < -0.3 is 0 Å². The van der Waals surface area contributed by atoms with Gasteiger partial charge in [-0.3, -0.25) is 0 Å². The highest BCUT2D eigenvalue weighted by Crippen LogP contribution is 2.43. The molecule has 0 saturated carbocycles. The molecular formula is C13H12ClNS3. The molecule has 18 heavy (non-hydrogen) atoms. The molecule has 1 aliphatic heterocycles. The first kappa shape index (κ1) is 12.9. The summed E-state index contributed by atoms with van der Waals surface area (Å²) in [6, 6.07) is 8.74. The predicted molar refractivity (Wildman–Crippen MR) is 84.8 cm³/mol. The smallest absolute Gasteiger partial charge is 0.184 e. The molecule has 5 heteroatoms. The van der Waals surface area contributed by atoms with E-state index in [9.17, 15) is 0 Å². The summed E-state index contributed by atoms with van der Waals surface area (Å²) < 4.78 is 1.21. The summed E-state index contributed by atoms with van der Waals surface area (Å²) in [5, 5.41) is 2.00.